The number of thiol groups is 1. The number of aliphatic hydroxyl groups is 2. The highest BCUT2D eigenvalue weighted by Crippen LogP contribution is 2.24. The van der Waals surface area contributed by atoms with E-state index in [9.17, 15) is 10.2 Å². The largest absolute Gasteiger partial charge is 0.398 e. The smallest absolute Gasteiger partial charge is 0.108 e. The monoisotopic (exact) mass is 213 g/mol. The Balaban J connectivity index is 2.99. The van der Waals surface area contributed by atoms with Crippen LogP contribution in [0.25, 0.3) is 0 Å². The number of benzene rings is 1. The van der Waals surface area contributed by atoms with Crippen LogP contribution in [0.5, 0.6) is 0 Å². The molecule has 1 aromatic carbocycles. The van der Waals surface area contributed by atoms with Crippen molar-refractivity contribution in [2.45, 2.75) is 19.1 Å². The number of nitrogen functional groups attached to an aromatic ring is 1. The molecule has 78 valence electrons. The van der Waals surface area contributed by atoms with Crippen molar-refractivity contribution >= 4 is 18.3 Å². The number of hydrogen-bond acceptors (Lipinski definition) is 4. The van der Waals surface area contributed by atoms with Crippen molar-refractivity contribution in [3.05, 3.63) is 29.3 Å². The van der Waals surface area contributed by atoms with Gasteiger partial charge in [0.1, 0.15) is 6.10 Å². The number of rotatable bonds is 3. The number of aliphatic hydroxyl groups excluding tert-OH is 2. The molecule has 3 nitrogen and oxygen atoms in total. The molecular weight excluding hydrogens is 198 g/mol. The van der Waals surface area contributed by atoms with Gasteiger partial charge in [-0.05, 0) is 13.0 Å². The quantitative estimate of drug-likeness (QED) is 0.445. The first kappa shape index (κ1) is 11.4. The molecule has 2 unspecified atom stereocenters. The first-order valence-corrected chi connectivity index (χ1v) is 5.02. The molecular formula is C10H15NO2S. The number of nitrogens with two attached hydrogens (primary N) is 1. The molecule has 14 heavy (non-hydrogen) atoms. The Morgan fingerprint density at radius 2 is 2.07 bits per heavy atom. The van der Waals surface area contributed by atoms with E-state index in [4.69, 9.17) is 5.73 Å². The molecule has 0 aromatic heterocycles. The van der Waals surface area contributed by atoms with Crippen molar-refractivity contribution in [3.8, 4) is 0 Å². The fraction of sp³-hybridized carbons (Fsp3) is 0.400. The molecule has 0 aliphatic rings. The summed E-state index contributed by atoms with van der Waals surface area (Å²) in [6.45, 7) is 1.91. The number of hydrogen-bond donors (Lipinski definition) is 4. The fourth-order valence-electron chi connectivity index (χ4n) is 1.26. The zero-order valence-corrected chi connectivity index (χ0v) is 8.91. The van der Waals surface area contributed by atoms with Crippen molar-refractivity contribution in [1.29, 1.82) is 0 Å². The summed E-state index contributed by atoms with van der Waals surface area (Å²) < 4.78 is 0. The van der Waals surface area contributed by atoms with Crippen LogP contribution in [-0.4, -0.2) is 22.1 Å². The Kier molecular flexibility index (Phi) is 3.80. The maximum atomic E-state index is 9.72. The molecule has 0 amide bonds. The summed E-state index contributed by atoms with van der Waals surface area (Å²) in [5.74, 6) is 0.203. The highest BCUT2D eigenvalue weighted by molar-refractivity contribution is 7.80. The molecule has 0 aliphatic heterocycles. The second-order valence-corrected chi connectivity index (χ2v) is 3.69. The molecule has 0 radical (unpaired) electrons. The standard InChI is InChI=1S/C10H15NO2S/c1-6-2-3-8(11)7(4-6)10(13)9(12)5-14/h2-4,9-10,12-14H,5,11H2,1H3. The van der Waals surface area contributed by atoms with Gasteiger partial charge in [0.05, 0.1) is 6.10 Å². The third-order valence-corrected chi connectivity index (χ3v) is 2.49. The van der Waals surface area contributed by atoms with Gasteiger partial charge in [-0.25, -0.2) is 0 Å². The lowest BCUT2D eigenvalue weighted by Gasteiger charge is -2.18. The molecule has 1 rings (SSSR count). The molecule has 0 heterocycles. The molecule has 0 saturated heterocycles. The summed E-state index contributed by atoms with van der Waals surface area (Å²) in [4.78, 5) is 0. The highest BCUT2D eigenvalue weighted by Gasteiger charge is 2.18. The fourth-order valence-corrected chi connectivity index (χ4v) is 1.46. The second-order valence-electron chi connectivity index (χ2n) is 3.33. The summed E-state index contributed by atoms with van der Waals surface area (Å²) in [6.07, 6.45) is -1.85. The molecule has 0 aliphatic carbocycles. The molecule has 0 fully saturated rings. The zero-order valence-electron chi connectivity index (χ0n) is 8.01. The van der Waals surface area contributed by atoms with Gasteiger partial charge in [-0.15, -0.1) is 0 Å². The summed E-state index contributed by atoms with van der Waals surface area (Å²) in [6, 6.07) is 5.35. The highest BCUT2D eigenvalue weighted by atomic mass is 32.1. The van der Waals surface area contributed by atoms with E-state index >= 15 is 0 Å². The van der Waals surface area contributed by atoms with E-state index in [-0.39, 0.29) is 5.75 Å². The van der Waals surface area contributed by atoms with Gasteiger partial charge in [0.15, 0.2) is 0 Å². The van der Waals surface area contributed by atoms with E-state index in [1.807, 2.05) is 13.0 Å². The molecule has 1 aromatic rings. The van der Waals surface area contributed by atoms with Crippen LogP contribution in [0, 0.1) is 6.92 Å². The Bertz CT molecular complexity index is 317. The Morgan fingerprint density at radius 1 is 1.43 bits per heavy atom. The third-order valence-electron chi connectivity index (χ3n) is 2.11. The lowest BCUT2D eigenvalue weighted by Crippen LogP contribution is -2.20. The lowest BCUT2D eigenvalue weighted by atomic mass is 10.0. The van der Waals surface area contributed by atoms with Crippen LogP contribution in [0.15, 0.2) is 18.2 Å². The lowest BCUT2D eigenvalue weighted by molar-refractivity contribution is 0.0342. The van der Waals surface area contributed by atoms with Gasteiger partial charge in [0.25, 0.3) is 0 Å². The average Bonchev–Trinajstić information content (AvgIpc) is 2.19. The average molecular weight is 213 g/mol. The van der Waals surface area contributed by atoms with E-state index < -0.39 is 12.2 Å². The molecule has 0 spiro atoms. The topological polar surface area (TPSA) is 66.5 Å². The predicted molar refractivity (Wildman–Crippen MR) is 60.4 cm³/mol. The zero-order chi connectivity index (χ0) is 10.7. The Hall–Kier alpha value is -0.710. The normalized spacial score (nSPS) is 15.1. The summed E-state index contributed by atoms with van der Waals surface area (Å²) in [5.41, 5.74) is 7.74. The van der Waals surface area contributed by atoms with Gasteiger partial charge in [0.2, 0.25) is 0 Å². The summed E-state index contributed by atoms with van der Waals surface area (Å²) >= 11 is 3.91. The van der Waals surface area contributed by atoms with Crippen LogP contribution < -0.4 is 5.73 Å². The van der Waals surface area contributed by atoms with Gasteiger partial charge < -0.3 is 15.9 Å². The van der Waals surface area contributed by atoms with Crippen LogP contribution in [-0.2, 0) is 0 Å². The van der Waals surface area contributed by atoms with Crippen molar-refractivity contribution in [3.63, 3.8) is 0 Å². The van der Waals surface area contributed by atoms with Crippen LogP contribution in [0.3, 0.4) is 0 Å². The molecule has 0 saturated carbocycles. The van der Waals surface area contributed by atoms with E-state index in [1.165, 1.54) is 0 Å². The van der Waals surface area contributed by atoms with Gasteiger partial charge >= 0.3 is 0 Å². The third kappa shape index (κ3) is 2.41. The minimum Gasteiger partial charge on any atom is -0.398 e. The first-order chi connectivity index (χ1) is 6.56. The second kappa shape index (κ2) is 4.68. The van der Waals surface area contributed by atoms with Crippen LogP contribution in [0.1, 0.15) is 17.2 Å². The molecule has 0 bridgehead atoms. The number of aryl methyl sites for hydroxylation is 1. The SMILES string of the molecule is Cc1ccc(N)c(C(O)C(O)CS)c1. The Labute approximate surface area is 89.0 Å². The van der Waals surface area contributed by atoms with Crippen LogP contribution in [0.2, 0.25) is 0 Å². The minimum atomic E-state index is -0.965. The van der Waals surface area contributed by atoms with Crippen molar-refractivity contribution in [2.75, 3.05) is 11.5 Å². The van der Waals surface area contributed by atoms with Crippen molar-refractivity contribution in [1.82, 2.24) is 0 Å². The molecule has 2 atom stereocenters. The van der Waals surface area contributed by atoms with E-state index in [2.05, 4.69) is 12.6 Å². The van der Waals surface area contributed by atoms with Gasteiger partial charge in [-0.1, -0.05) is 17.7 Å². The predicted octanol–water partition coefficient (Wildman–Crippen LogP) is 0.901. The number of anilines is 1. The maximum absolute atomic E-state index is 9.72. The van der Waals surface area contributed by atoms with Gasteiger partial charge in [-0.2, -0.15) is 12.6 Å². The minimum absolute atomic E-state index is 0.203. The molecule has 4 N–H and O–H groups in total. The Morgan fingerprint density at radius 3 is 2.64 bits per heavy atom. The van der Waals surface area contributed by atoms with E-state index in [1.54, 1.807) is 12.1 Å². The van der Waals surface area contributed by atoms with E-state index in [0.29, 0.717) is 11.3 Å². The van der Waals surface area contributed by atoms with Crippen LogP contribution in [0.4, 0.5) is 5.69 Å². The van der Waals surface area contributed by atoms with E-state index in [0.717, 1.165) is 5.56 Å². The molecule has 4 heteroatoms. The summed E-state index contributed by atoms with van der Waals surface area (Å²) in [5, 5.41) is 19.1. The van der Waals surface area contributed by atoms with Crippen molar-refractivity contribution < 1.29 is 10.2 Å². The van der Waals surface area contributed by atoms with Gasteiger partial charge in [-0.3, -0.25) is 0 Å². The first-order valence-electron chi connectivity index (χ1n) is 4.39. The van der Waals surface area contributed by atoms with Gasteiger partial charge in [0, 0.05) is 17.0 Å². The van der Waals surface area contributed by atoms with Crippen molar-refractivity contribution in [2.24, 2.45) is 0 Å². The van der Waals surface area contributed by atoms with Crippen LogP contribution >= 0.6 is 12.6 Å². The maximum Gasteiger partial charge on any atom is 0.108 e. The summed E-state index contributed by atoms with van der Waals surface area (Å²) in [7, 11) is 0.